The first-order valence-corrected chi connectivity index (χ1v) is 6.46. The Bertz CT molecular complexity index is 582. The number of hydrogen-bond acceptors (Lipinski definition) is 2. The Morgan fingerprint density at radius 2 is 1.84 bits per heavy atom. The smallest absolute Gasteiger partial charge is 0.0647 e. The summed E-state index contributed by atoms with van der Waals surface area (Å²) in [6.07, 6.45) is 0.456. The number of nitrogens with zero attached hydrogens (tertiary/aromatic N) is 1. The van der Waals surface area contributed by atoms with E-state index in [1.165, 1.54) is 11.1 Å². The fourth-order valence-electron chi connectivity index (χ4n) is 2.19. The molecule has 1 atom stereocenters. The van der Waals surface area contributed by atoms with Crippen LogP contribution in [0.15, 0.2) is 48.5 Å². The van der Waals surface area contributed by atoms with Gasteiger partial charge in [0.25, 0.3) is 0 Å². The lowest BCUT2D eigenvalue weighted by molar-refractivity contribution is 0.805. The number of benzene rings is 2. The first-order valence-electron chi connectivity index (χ1n) is 6.46. The molecule has 1 N–H and O–H groups in total. The fourth-order valence-corrected chi connectivity index (χ4v) is 2.19. The molecule has 2 nitrogen and oxygen atoms in total. The summed E-state index contributed by atoms with van der Waals surface area (Å²) >= 11 is 0. The molecule has 0 radical (unpaired) electrons. The molecule has 0 saturated heterocycles. The van der Waals surface area contributed by atoms with E-state index in [1.54, 1.807) is 0 Å². The number of hydrogen-bond donors (Lipinski definition) is 1. The van der Waals surface area contributed by atoms with Crippen LogP contribution in [0.5, 0.6) is 0 Å². The molecule has 0 aliphatic heterocycles. The Balaban J connectivity index is 2.24. The maximum absolute atomic E-state index is 9.00. The molecule has 0 aliphatic rings. The third-order valence-corrected chi connectivity index (χ3v) is 3.21. The quantitative estimate of drug-likeness (QED) is 0.874. The van der Waals surface area contributed by atoms with Crippen LogP contribution in [0, 0.1) is 25.2 Å². The highest BCUT2D eigenvalue weighted by molar-refractivity contribution is 5.53. The molecule has 0 fully saturated rings. The van der Waals surface area contributed by atoms with Gasteiger partial charge in [-0.05, 0) is 31.0 Å². The van der Waals surface area contributed by atoms with Crippen molar-refractivity contribution in [2.45, 2.75) is 26.3 Å². The van der Waals surface area contributed by atoms with E-state index in [2.05, 4.69) is 55.6 Å². The van der Waals surface area contributed by atoms with Crippen molar-refractivity contribution in [2.24, 2.45) is 0 Å². The van der Waals surface area contributed by atoms with Gasteiger partial charge in [-0.15, -0.1) is 0 Å². The topological polar surface area (TPSA) is 35.8 Å². The minimum atomic E-state index is 0.0348. The monoisotopic (exact) mass is 250 g/mol. The minimum Gasteiger partial charge on any atom is -0.377 e. The Hall–Kier alpha value is -2.27. The maximum atomic E-state index is 9.00. The second-order valence-corrected chi connectivity index (χ2v) is 4.79. The van der Waals surface area contributed by atoms with Gasteiger partial charge in [-0.1, -0.05) is 48.0 Å². The molecule has 96 valence electrons. The van der Waals surface area contributed by atoms with Crippen LogP contribution in [0.3, 0.4) is 0 Å². The van der Waals surface area contributed by atoms with Crippen molar-refractivity contribution in [3.63, 3.8) is 0 Å². The van der Waals surface area contributed by atoms with Crippen molar-refractivity contribution in [1.29, 1.82) is 5.26 Å². The Kier molecular flexibility index (Phi) is 4.20. The molecule has 2 rings (SSSR count). The highest BCUT2D eigenvalue weighted by atomic mass is 14.9. The van der Waals surface area contributed by atoms with Crippen molar-refractivity contribution in [3.05, 3.63) is 65.2 Å². The van der Waals surface area contributed by atoms with Crippen molar-refractivity contribution >= 4 is 5.69 Å². The Morgan fingerprint density at radius 1 is 1.11 bits per heavy atom. The van der Waals surface area contributed by atoms with Crippen molar-refractivity contribution in [2.75, 3.05) is 5.32 Å². The molecule has 0 spiro atoms. The normalized spacial score (nSPS) is 11.6. The van der Waals surface area contributed by atoms with Gasteiger partial charge in [0.15, 0.2) is 0 Å². The molecule has 1 unspecified atom stereocenters. The number of nitriles is 1. The van der Waals surface area contributed by atoms with E-state index in [1.807, 2.05) is 18.2 Å². The van der Waals surface area contributed by atoms with E-state index in [-0.39, 0.29) is 6.04 Å². The van der Waals surface area contributed by atoms with Gasteiger partial charge in [0.05, 0.1) is 18.5 Å². The molecule has 0 saturated carbocycles. The molecule has 0 amide bonds. The summed E-state index contributed by atoms with van der Waals surface area (Å²) in [6.45, 7) is 4.17. The fraction of sp³-hybridized carbons (Fsp3) is 0.235. The van der Waals surface area contributed by atoms with Crippen LogP contribution in [0.2, 0.25) is 0 Å². The summed E-state index contributed by atoms with van der Waals surface area (Å²) in [5.74, 6) is 0. The zero-order valence-electron chi connectivity index (χ0n) is 11.4. The van der Waals surface area contributed by atoms with Crippen LogP contribution >= 0.6 is 0 Å². The largest absolute Gasteiger partial charge is 0.377 e. The van der Waals surface area contributed by atoms with Gasteiger partial charge in [0.1, 0.15) is 0 Å². The van der Waals surface area contributed by atoms with Crippen LogP contribution in [-0.2, 0) is 0 Å². The van der Waals surface area contributed by atoms with Gasteiger partial charge in [-0.25, -0.2) is 0 Å². The highest BCUT2D eigenvalue weighted by Crippen LogP contribution is 2.25. The van der Waals surface area contributed by atoms with Gasteiger partial charge in [0, 0.05) is 5.69 Å². The van der Waals surface area contributed by atoms with Crippen LogP contribution in [0.1, 0.15) is 29.2 Å². The molecule has 19 heavy (non-hydrogen) atoms. The molecule has 0 bridgehead atoms. The predicted molar refractivity (Wildman–Crippen MR) is 79.0 cm³/mol. The second-order valence-electron chi connectivity index (χ2n) is 4.79. The van der Waals surface area contributed by atoms with E-state index < -0.39 is 0 Å². The van der Waals surface area contributed by atoms with E-state index in [4.69, 9.17) is 5.26 Å². The lowest BCUT2D eigenvalue weighted by atomic mass is 10.0. The number of aryl methyl sites for hydroxylation is 2. The van der Waals surface area contributed by atoms with Crippen LogP contribution in [-0.4, -0.2) is 0 Å². The molecular formula is C17H18N2. The summed E-state index contributed by atoms with van der Waals surface area (Å²) in [7, 11) is 0. The van der Waals surface area contributed by atoms with Gasteiger partial charge < -0.3 is 5.32 Å². The summed E-state index contributed by atoms with van der Waals surface area (Å²) < 4.78 is 0. The molecule has 2 aromatic rings. The predicted octanol–water partition coefficient (Wildman–Crippen LogP) is 4.37. The molecular weight excluding hydrogens is 232 g/mol. The Labute approximate surface area is 114 Å². The SMILES string of the molecule is Cc1ccc(NC(CC#N)c2ccccc2)c(C)c1. The van der Waals surface area contributed by atoms with Crippen LogP contribution < -0.4 is 5.32 Å². The van der Waals surface area contributed by atoms with Gasteiger partial charge in [0.2, 0.25) is 0 Å². The van der Waals surface area contributed by atoms with Crippen molar-refractivity contribution in [3.8, 4) is 6.07 Å². The van der Waals surface area contributed by atoms with E-state index in [0.717, 1.165) is 11.3 Å². The second kappa shape index (κ2) is 6.06. The Morgan fingerprint density at radius 3 is 2.47 bits per heavy atom. The standard InChI is InChI=1S/C17H18N2/c1-13-8-9-16(14(2)12-13)19-17(10-11-18)15-6-4-3-5-7-15/h3-9,12,17,19H,10H2,1-2H3. The average molecular weight is 250 g/mol. The summed E-state index contributed by atoms with van der Waals surface area (Å²) in [5, 5.41) is 12.5. The van der Waals surface area contributed by atoms with Crippen LogP contribution in [0.4, 0.5) is 5.69 Å². The average Bonchev–Trinajstić information content (AvgIpc) is 2.42. The molecule has 2 aromatic carbocycles. The third kappa shape index (κ3) is 3.35. The summed E-state index contributed by atoms with van der Waals surface area (Å²) in [5.41, 5.74) is 4.69. The minimum absolute atomic E-state index is 0.0348. The summed E-state index contributed by atoms with van der Waals surface area (Å²) in [4.78, 5) is 0. The van der Waals surface area contributed by atoms with Crippen molar-refractivity contribution < 1.29 is 0 Å². The van der Waals surface area contributed by atoms with E-state index in [9.17, 15) is 0 Å². The number of anilines is 1. The molecule has 0 aliphatic carbocycles. The molecule has 0 heterocycles. The van der Waals surface area contributed by atoms with Crippen molar-refractivity contribution in [1.82, 2.24) is 0 Å². The molecule has 2 heteroatoms. The van der Waals surface area contributed by atoms with E-state index >= 15 is 0 Å². The molecule has 0 aromatic heterocycles. The zero-order chi connectivity index (χ0) is 13.7. The first-order chi connectivity index (χ1) is 9.20. The maximum Gasteiger partial charge on any atom is 0.0647 e. The number of nitrogens with one attached hydrogen (secondary N) is 1. The van der Waals surface area contributed by atoms with E-state index in [0.29, 0.717) is 6.42 Å². The van der Waals surface area contributed by atoms with Gasteiger partial charge in [-0.2, -0.15) is 5.26 Å². The highest BCUT2D eigenvalue weighted by Gasteiger charge is 2.11. The number of rotatable bonds is 4. The van der Waals surface area contributed by atoms with Crippen LogP contribution in [0.25, 0.3) is 0 Å². The lowest BCUT2D eigenvalue weighted by Gasteiger charge is -2.19. The lowest BCUT2D eigenvalue weighted by Crippen LogP contribution is -2.11. The zero-order valence-corrected chi connectivity index (χ0v) is 11.4. The first kappa shape index (κ1) is 13.2. The summed E-state index contributed by atoms with van der Waals surface area (Å²) in [6, 6.07) is 18.7. The van der Waals surface area contributed by atoms with Gasteiger partial charge >= 0.3 is 0 Å². The third-order valence-electron chi connectivity index (χ3n) is 3.21. The van der Waals surface area contributed by atoms with Gasteiger partial charge in [-0.3, -0.25) is 0 Å².